The molecule has 1 aromatic carbocycles. The van der Waals surface area contributed by atoms with Gasteiger partial charge in [0.2, 0.25) is 5.91 Å². The molecule has 1 aliphatic rings. The molecule has 1 saturated heterocycles. The first kappa shape index (κ1) is 15.0. The van der Waals surface area contributed by atoms with E-state index in [-0.39, 0.29) is 17.9 Å². The molecule has 0 unspecified atom stereocenters. The van der Waals surface area contributed by atoms with Crippen LogP contribution in [0.3, 0.4) is 0 Å². The van der Waals surface area contributed by atoms with Gasteiger partial charge < -0.3 is 10.2 Å². The van der Waals surface area contributed by atoms with Gasteiger partial charge in [0, 0.05) is 31.1 Å². The average molecular weight is 285 g/mol. The Hall–Kier alpha value is -2.35. The number of rotatable bonds is 3. The van der Waals surface area contributed by atoms with Crippen LogP contribution in [0.5, 0.6) is 0 Å². The van der Waals surface area contributed by atoms with Crippen molar-refractivity contribution in [3.63, 3.8) is 0 Å². The Morgan fingerprint density at radius 1 is 1.38 bits per heavy atom. The quantitative estimate of drug-likeness (QED) is 0.918. The number of amides is 2. The highest BCUT2D eigenvalue weighted by molar-refractivity contribution is 5.94. The van der Waals surface area contributed by atoms with E-state index < -0.39 is 0 Å². The zero-order valence-corrected chi connectivity index (χ0v) is 12.1. The van der Waals surface area contributed by atoms with Crippen LogP contribution in [0.1, 0.15) is 42.1 Å². The second-order valence-electron chi connectivity index (χ2n) is 5.18. The number of hydrogen-bond acceptors (Lipinski definition) is 3. The van der Waals surface area contributed by atoms with Crippen molar-refractivity contribution in [1.82, 2.24) is 10.2 Å². The van der Waals surface area contributed by atoms with Crippen molar-refractivity contribution in [2.45, 2.75) is 32.2 Å². The normalized spacial score (nSPS) is 15.3. The van der Waals surface area contributed by atoms with Gasteiger partial charge in [-0.3, -0.25) is 9.59 Å². The molecule has 0 aromatic heterocycles. The molecule has 0 radical (unpaired) electrons. The number of likely N-dealkylation sites (tertiary alicyclic amines) is 1. The lowest BCUT2D eigenvalue weighted by Gasteiger charge is -2.32. The minimum absolute atomic E-state index is 0.0487. The molecule has 0 bridgehead atoms. The van der Waals surface area contributed by atoms with Gasteiger partial charge in [-0.2, -0.15) is 5.26 Å². The van der Waals surface area contributed by atoms with Crippen molar-refractivity contribution in [1.29, 1.82) is 5.26 Å². The van der Waals surface area contributed by atoms with Crippen LogP contribution in [0.2, 0.25) is 0 Å². The number of hydrogen-bond donors (Lipinski definition) is 1. The molecule has 1 N–H and O–H groups in total. The predicted molar refractivity (Wildman–Crippen MR) is 78.5 cm³/mol. The van der Waals surface area contributed by atoms with Crippen LogP contribution in [0.25, 0.3) is 0 Å². The van der Waals surface area contributed by atoms with Crippen molar-refractivity contribution in [3.8, 4) is 6.07 Å². The number of nitrogens with one attached hydrogen (secondary N) is 1. The second-order valence-corrected chi connectivity index (χ2v) is 5.18. The number of carbonyl (C=O) groups excluding carboxylic acids is 2. The molecule has 1 aromatic rings. The highest BCUT2D eigenvalue weighted by atomic mass is 16.2. The van der Waals surface area contributed by atoms with Gasteiger partial charge in [-0.25, -0.2) is 0 Å². The third-order valence-electron chi connectivity index (χ3n) is 3.71. The van der Waals surface area contributed by atoms with Crippen LogP contribution < -0.4 is 5.32 Å². The van der Waals surface area contributed by atoms with E-state index in [1.54, 1.807) is 29.2 Å². The Bertz CT molecular complexity index is 569. The number of piperidine rings is 1. The number of carbonyl (C=O) groups is 2. The van der Waals surface area contributed by atoms with E-state index in [4.69, 9.17) is 5.26 Å². The van der Waals surface area contributed by atoms with Gasteiger partial charge in [-0.15, -0.1) is 0 Å². The summed E-state index contributed by atoms with van der Waals surface area (Å²) in [5, 5.41) is 11.8. The largest absolute Gasteiger partial charge is 0.353 e. The van der Waals surface area contributed by atoms with Crippen molar-refractivity contribution in [3.05, 3.63) is 35.4 Å². The van der Waals surface area contributed by atoms with Gasteiger partial charge in [0.25, 0.3) is 5.91 Å². The van der Waals surface area contributed by atoms with E-state index in [9.17, 15) is 9.59 Å². The zero-order valence-electron chi connectivity index (χ0n) is 12.1. The molecule has 2 amide bonds. The summed E-state index contributed by atoms with van der Waals surface area (Å²) in [5.41, 5.74) is 1.04. The Morgan fingerprint density at radius 2 is 2.10 bits per heavy atom. The van der Waals surface area contributed by atoms with Crippen LogP contribution >= 0.6 is 0 Å². The summed E-state index contributed by atoms with van der Waals surface area (Å²) < 4.78 is 0. The van der Waals surface area contributed by atoms with Gasteiger partial charge in [-0.1, -0.05) is 13.0 Å². The summed E-state index contributed by atoms with van der Waals surface area (Å²) in [4.78, 5) is 25.5. The van der Waals surface area contributed by atoms with Crippen LogP contribution in [-0.4, -0.2) is 35.8 Å². The SMILES string of the molecule is CCC(=O)NC1CCN(C(=O)c2cccc(C#N)c2)CC1. The highest BCUT2D eigenvalue weighted by Gasteiger charge is 2.24. The summed E-state index contributed by atoms with van der Waals surface area (Å²) in [6, 6.07) is 8.96. The lowest BCUT2D eigenvalue weighted by atomic mass is 10.0. The van der Waals surface area contributed by atoms with Crippen LogP contribution in [0.15, 0.2) is 24.3 Å². The maximum atomic E-state index is 12.4. The molecule has 0 saturated carbocycles. The Morgan fingerprint density at radius 3 is 2.71 bits per heavy atom. The molecule has 2 rings (SSSR count). The maximum absolute atomic E-state index is 12.4. The molecule has 5 heteroatoms. The molecule has 21 heavy (non-hydrogen) atoms. The number of nitrogens with zero attached hydrogens (tertiary/aromatic N) is 2. The van der Waals surface area contributed by atoms with E-state index in [0.29, 0.717) is 30.6 Å². The van der Waals surface area contributed by atoms with Crippen molar-refractivity contribution >= 4 is 11.8 Å². The molecule has 0 spiro atoms. The predicted octanol–water partition coefficient (Wildman–Crippen LogP) is 1.69. The molecular formula is C16H19N3O2. The summed E-state index contributed by atoms with van der Waals surface area (Å²) in [5.74, 6) is 0.00821. The minimum atomic E-state index is -0.0487. The standard InChI is InChI=1S/C16H19N3O2/c1-2-15(20)18-14-6-8-19(9-7-14)16(21)13-5-3-4-12(10-13)11-17/h3-5,10,14H,2,6-9H2,1H3,(H,18,20). The Labute approximate surface area is 124 Å². The number of benzene rings is 1. The smallest absolute Gasteiger partial charge is 0.253 e. The van der Waals surface area contributed by atoms with Crippen LogP contribution in [-0.2, 0) is 4.79 Å². The van der Waals surface area contributed by atoms with Crippen LogP contribution in [0.4, 0.5) is 0 Å². The average Bonchev–Trinajstić information content (AvgIpc) is 2.54. The first-order valence-electron chi connectivity index (χ1n) is 7.23. The fourth-order valence-corrected chi connectivity index (χ4v) is 2.46. The Balaban J connectivity index is 1.94. The van der Waals surface area contributed by atoms with E-state index in [0.717, 1.165) is 12.8 Å². The van der Waals surface area contributed by atoms with Gasteiger partial charge in [-0.05, 0) is 31.0 Å². The lowest BCUT2D eigenvalue weighted by Crippen LogP contribution is -2.46. The highest BCUT2D eigenvalue weighted by Crippen LogP contribution is 2.15. The third-order valence-corrected chi connectivity index (χ3v) is 3.71. The summed E-state index contributed by atoms with van der Waals surface area (Å²) in [6.45, 7) is 3.09. The number of nitriles is 1. The van der Waals surface area contributed by atoms with Gasteiger partial charge in [0.15, 0.2) is 0 Å². The molecule has 1 heterocycles. The summed E-state index contributed by atoms with van der Waals surface area (Å²) in [7, 11) is 0. The monoisotopic (exact) mass is 285 g/mol. The molecule has 1 aliphatic heterocycles. The second kappa shape index (κ2) is 6.89. The van der Waals surface area contributed by atoms with Gasteiger partial charge in [0.1, 0.15) is 0 Å². The first-order valence-corrected chi connectivity index (χ1v) is 7.23. The van der Waals surface area contributed by atoms with Crippen molar-refractivity contribution < 1.29 is 9.59 Å². The van der Waals surface area contributed by atoms with E-state index >= 15 is 0 Å². The van der Waals surface area contributed by atoms with E-state index in [1.807, 2.05) is 13.0 Å². The van der Waals surface area contributed by atoms with Crippen LogP contribution in [0, 0.1) is 11.3 Å². The summed E-state index contributed by atoms with van der Waals surface area (Å²) in [6.07, 6.45) is 2.03. The molecule has 0 aliphatic carbocycles. The molecule has 5 nitrogen and oxygen atoms in total. The minimum Gasteiger partial charge on any atom is -0.353 e. The Kier molecular flexibility index (Phi) is 4.94. The lowest BCUT2D eigenvalue weighted by molar-refractivity contribution is -0.121. The third kappa shape index (κ3) is 3.82. The fourth-order valence-electron chi connectivity index (χ4n) is 2.46. The topological polar surface area (TPSA) is 73.2 Å². The maximum Gasteiger partial charge on any atom is 0.253 e. The molecule has 110 valence electrons. The van der Waals surface area contributed by atoms with Crippen molar-refractivity contribution in [2.75, 3.05) is 13.1 Å². The van der Waals surface area contributed by atoms with E-state index in [2.05, 4.69) is 5.32 Å². The van der Waals surface area contributed by atoms with Gasteiger partial charge >= 0.3 is 0 Å². The van der Waals surface area contributed by atoms with E-state index in [1.165, 1.54) is 0 Å². The molecule has 1 fully saturated rings. The first-order chi connectivity index (χ1) is 10.1. The van der Waals surface area contributed by atoms with Crippen molar-refractivity contribution in [2.24, 2.45) is 0 Å². The molecular weight excluding hydrogens is 266 g/mol. The zero-order chi connectivity index (χ0) is 15.2. The van der Waals surface area contributed by atoms with Gasteiger partial charge in [0.05, 0.1) is 11.6 Å². The molecule has 0 atom stereocenters. The fraction of sp³-hybridized carbons (Fsp3) is 0.438. The summed E-state index contributed by atoms with van der Waals surface area (Å²) >= 11 is 0.